The molecule has 0 bridgehead atoms. The average Bonchev–Trinajstić information content (AvgIpc) is 2.45. The summed E-state index contributed by atoms with van der Waals surface area (Å²) >= 11 is 0. The molecule has 0 aliphatic heterocycles. The molecule has 0 N–H and O–H groups in total. The Kier molecular flexibility index (Phi) is 6.03. The fourth-order valence-electron chi connectivity index (χ4n) is 1.56. The van der Waals surface area contributed by atoms with Crippen LogP contribution in [0.5, 0.6) is 5.75 Å². The van der Waals surface area contributed by atoms with E-state index in [-0.39, 0.29) is 26.2 Å². The Balaban J connectivity index is 0.00000242. The maximum atomic E-state index is 12.1. The van der Waals surface area contributed by atoms with Crippen molar-refractivity contribution in [2.24, 2.45) is 0 Å². The molecule has 2 rings (SSSR count). The van der Waals surface area contributed by atoms with Gasteiger partial charge in [0.25, 0.3) is 0 Å². The largest absolute Gasteiger partial charge is 0.573 e. The molecule has 5 nitrogen and oxygen atoms in total. The molecule has 1 aromatic carbocycles. The van der Waals surface area contributed by atoms with Crippen LogP contribution in [0.2, 0.25) is 0 Å². The number of carbonyl (C=O) groups excluding carboxylic acids is 1. The zero-order valence-corrected chi connectivity index (χ0v) is 12.6. The molecule has 22 heavy (non-hydrogen) atoms. The van der Waals surface area contributed by atoms with E-state index in [1.165, 1.54) is 43.7 Å². The zero-order chi connectivity index (χ0) is 15.5. The number of ether oxygens (including phenoxy) is 1. The Hall–Kier alpha value is -1.98. The van der Waals surface area contributed by atoms with Gasteiger partial charge in [-0.1, -0.05) is 6.07 Å². The minimum atomic E-state index is -4.73. The van der Waals surface area contributed by atoms with Gasteiger partial charge >= 0.3 is 6.36 Å². The van der Waals surface area contributed by atoms with Crippen molar-refractivity contribution >= 4 is 12.2 Å². The molecule has 0 saturated carbocycles. The van der Waals surface area contributed by atoms with Crippen LogP contribution in [0.15, 0.2) is 36.7 Å². The van der Waals surface area contributed by atoms with Crippen molar-refractivity contribution in [1.82, 2.24) is 9.97 Å². The topological polar surface area (TPSA) is 55.3 Å². The SMILES string of the molecule is CN([C-]=O)c1cc(-c2ccc(OC(F)(F)F)cc2)ncn1.[Pd]. The summed E-state index contributed by atoms with van der Waals surface area (Å²) in [5, 5.41) is 0. The molecule has 0 atom stereocenters. The standard InChI is InChI=1S/C13H9F3N3O2.Pd/c1-19(8-20)12-6-11(17-7-18-12)9-2-4-10(5-3-9)21-13(14,15)16;/h2-7H,1H3;/q-1;. The number of alkyl halides is 3. The Labute approximate surface area is 137 Å². The molecule has 0 radical (unpaired) electrons. The second kappa shape index (κ2) is 7.34. The fourth-order valence-corrected chi connectivity index (χ4v) is 1.56. The second-order valence-electron chi connectivity index (χ2n) is 3.98. The van der Waals surface area contributed by atoms with Gasteiger partial charge in [-0.25, -0.2) is 4.98 Å². The van der Waals surface area contributed by atoms with Crippen LogP contribution in [0.4, 0.5) is 19.0 Å². The molecule has 1 heterocycles. The van der Waals surface area contributed by atoms with E-state index < -0.39 is 6.36 Å². The molecule has 1 amide bonds. The summed E-state index contributed by atoms with van der Waals surface area (Å²) in [7, 11) is 1.47. The van der Waals surface area contributed by atoms with Gasteiger partial charge in [0.1, 0.15) is 5.75 Å². The third-order valence-electron chi connectivity index (χ3n) is 2.52. The number of anilines is 1. The molecule has 0 aliphatic carbocycles. The number of hydrogen-bond donors (Lipinski definition) is 0. The number of nitrogens with zero attached hydrogens (tertiary/aromatic N) is 3. The summed E-state index contributed by atoms with van der Waals surface area (Å²) in [6.07, 6.45) is -1.84. The quantitative estimate of drug-likeness (QED) is 0.448. The number of rotatable bonds is 4. The van der Waals surface area contributed by atoms with Gasteiger partial charge < -0.3 is 19.4 Å². The Morgan fingerprint density at radius 2 is 1.82 bits per heavy atom. The predicted molar refractivity (Wildman–Crippen MR) is 68.2 cm³/mol. The third kappa shape index (κ3) is 4.79. The first-order chi connectivity index (χ1) is 9.89. The predicted octanol–water partition coefficient (Wildman–Crippen LogP) is 2.54. The van der Waals surface area contributed by atoms with Gasteiger partial charge in [0.15, 0.2) is 0 Å². The first-order valence-electron chi connectivity index (χ1n) is 5.69. The van der Waals surface area contributed by atoms with E-state index in [9.17, 15) is 18.0 Å². The van der Waals surface area contributed by atoms with E-state index in [0.717, 1.165) is 4.90 Å². The van der Waals surface area contributed by atoms with E-state index in [4.69, 9.17) is 0 Å². The van der Waals surface area contributed by atoms with E-state index in [1.807, 2.05) is 0 Å². The van der Waals surface area contributed by atoms with Crippen LogP contribution in [-0.2, 0) is 25.2 Å². The number of aromatic nitrogens is 2. The van der Waals surface area contributed by atoms with Crippen LogP contribution in [0.1, 0.15) is 0 Å². The molecule has 1 aromatic heterocycles. The van der Waals surface area contributed by atoms with Gasteiger partial charge in [0.2, 0.25) is 0 Å². The van der Waals surface area contributed by atoms with Gasteiger partial charge in [-0.2, -0.15) is 0 Å². The molecule has 0 spiro atoms. The number of hydrogen-bond acceptors (Lipinski definition) is 4. The Morgan fingerprint density at radius 3 is 2.36 bits per heavy atom. The maximum Gasteiger partial charge on any atom is 0.573 e. The fraction of sp³-hybridized carbons (Fsp3) is 0.154. The van der Waals surface area contributed by atoms with Crippen molar-refractivity contribution < 1.29 is 43.1 Å². The van der Waals surface area contributed by atoms with Crippen LogP contribution >= 0.6 is 0 Å². The van der Waals surface area contributed by atoms with E-state index in [0.29, 0.717) is 17.1 Å². The first-order valence-corrected chi connectivity index (χ1v) is 5.69. The first kappa shape index (κ1) is 18.1. The Bertz CT molecular complexity index is 635. The Morgan fingerprint density at radius 1 is 1.18 bits per heavy atom. The molecule has 120 valence electrons. The summed E-state index contributed by atoms with van der Waals surface area (Å²) in [4.78, 5) is 19.6. The van der Waals surface area contributed by atoms with Crippen LogP contribution in [0.25, 0.3) is 11.3 Å². The second-order valence-corrected chi connectivity index (χ2v) is 3.98. The smallest absolute Gasteiger partial charge is 0.464 e. The zero-order valence-electron chi connectivity index (χ0n) is 11.1. The normalized spacial score (nSPS) is 10.5. The van der Waals surface area contributed by atoms with Crippen molar-refractivity contribution in [2.45, 2.75) is 6.36 Å². The monoisotopic (exact) mass is 402 g/mol. The van der Waals surface area contributed by atoms with Crippen molar-refractivity contribution in [3.8, 4) is 17.0 Å². The molecule has 9 heteroatoms. The van der Waals surface area contributed by atoms with Gasteiger partial charge in [-0.15, -0.1) is 13.2 Å². The van der Waals surface area contributed by atoms with E-state index in [2.05, 4.69) is 14.7 Å². The molecule has 0 fully saturated rings. The van der Waals surface area contributed by atoms with Crippen LogP contribution in [0.3, 0.4) is 0 Å². The molecule has 0 unspecified atom stereocenters. The molecular weight excluding hydrogens is 394 g/mol. The number of amides is 1. The van der Waals surface area contributed by atoms with E-state index in [1.54, 1.807) is 6.41 Å². The van der Waals surface area contributed by atoms with Crippen LogP contribution in [-0.4, -0.2) is 29.8 Å². The minimum absolute atomic E-state index is 0. The minimum Gasteiger partial charge on any atom is -0.464 e. The van der Waals surface area contributed by atoms with Gasteiger partial charge in [-0.05, 0) is 42.7 Å². The molecule has 2 aromatic rings. The number of halogens is 3. The summed E-state index contributed by atoms with van der Waals surface area (Å²) in [5.74, 6) is 0.00416. The van der Waals surface area contributed by atoms with Gasteiger partial charge in [0.05, 0.1) is 18.4 Å². The molecular formula is C13H9F3N3O2Pd-. The van der Waals surface area contributed by atoms with Crippen molar-refractivity contribution in [2.75, 3.05) is 11.9 Å². The van der Waals surface area contributed by atoms with Crippen molar-refractivity contribution in [3.05, 3.63) is 36.7 Å². The molecule has 0 saturated heterocycles. The summed E-state index contributed by atoms with van der Waals surface area (Å²) in [6.45, 7) is 0. The van der Waals surface area contributed by atoms with Crippen LogP contribution < -0.4 is 9.64 Å². The summed E-state index contributed by atoms with van der Waals surface area (Å²) in [5.41, 5.74) is 1.02. The summed E-state index contributed by atoms with van der Waals surface area (Å²) in [6, 6.07) is 6.74. The van der Waals surface area contributed by atoms with Crippen molar-refractivity contribution in [1.29, 1.82) is 0 Å². The van der Waals surface area contributed by atoms with Crippen molar-refractivity contribution in [3.63, 3.8) is 0 Å². The van der Waals surface area contributed by atoms with Crippen LogP contribution in [0, 0.1) is 0 Å². The third-order valence-corrected chi connectivity index (χ3v) is 2.52. The average molecular weight is 403 g/mol. The number of benzene rings is 1. The van der Waals surface area contributed by atoms with E-state index >= 15 is 0 Å². The van der Waals surface area contributed by atoms with Gasteiger partial charge in [-0.3, -0.25) is 0 Å². The van der Waals surface area contributed by atoms with Gasteiger partial charge in [0, 0.05) is 20.4 Å². The maximum absolute atomic E-state index is 12.1. The summed E-state index contributed by atoms with van der Waals surface area (Å²) < 4.78 is 40.0. The molecule has 0 aliphatic rings.